The summed E-state index contributed by atoms with van der Waals surface area (Å²) >= 11 is 0. The van der Waals surface area contributed by atoms with Gasteiger partial charge in [-0.05, 0) is 31.5 Å². The highest BCUT2D eigenvalue weighted by molar-refractivity contribution is 7.89. The molecule has 0 unspecified atom stereocenters. The van der Waals surface area contributed by atoms with Gasteiger partial charge in [0.15, 0.2) is 15.6 Å². The fourth-order valence-corrected chi connectivity index (χ4v) is 4.81. The fourth-order valence-electron chi connectivity index (χ4n) is 3.43. The number of piperazine rings is 1. The minimum absolute atomic E-state index is 0.0413. The summed E-state index contributed by atoms with van der Waals surface area (Å²) in [7, 11) is -3.37. The molecule has 0 saturated carbocycles. The zero-order valence-corrected chi connectivity index (χ0v) is 16.7. The van der Waals surface area contributed by atoms with E-state index in [2.05, 4.69) is 6.92 Å². The third-order valence-corrected chi connectivity index (χ3v) is 6.46. The number of amides is 1. The van der Waals surface area contributed by atoms with Gasteiger partial charge in [-0.25, -0.2) is 8.42 Å². The Kier molecular flexibility index (Phi) is 6.01. The lowest BCUT2D eigenvalue weighted by molar-refractivity contribution is -0.902. The molecule has 0 atom stereocenters. The van der Waals surface area contributed by atoms with E-state index in [1.54, 1.807) is 23.1 Å². The molecule has 1 aromatic carbocycles. The van der Waals surface area contributed by atoms with Crippen molar-refractivity contribution in [3.63, 3.8) is 0 Å². The van der Waals surface area contributed by atoms with Gasteiger partial charge in [0.05, 0.1) is 38.5 Å². The van der Waals surface area contributed by atoms with E-state index in [1.807, 2.05) is 25.1 Å². The summed E-state index contributed by atoms with van der Waals surface area (Å²) in [4.78, 5) is 15.8. The van der Waals surface area contributed by atoms with Crippen LogP contribution in [-0.4, -0.2) is 51.9 Å². The molecule has 7 heteroatoms. The first kappa shape index (κ1) is 19.6. The summed E-state index contributed by atoms with van der Waals surface area (Å²) in [5.74, 6) is 0.120. The normalized spacial score (nSPS) is 15.9. The van der Waals surface area contributed by atoms with Gasteiger partial charge in [-0.2, -0.15) is 0 Å². The van der Waals surface area contributed by atoms with Crippen molar-refractivity contribution in [2.45, 2.75) is 25.4 Å². The second kappa shape index (κ2) is 8.27. The van der Waals surface area contributed by atoms with Crippen molar-refractivity contribution in [2.24, 2.45) is 0 Å². The Balaban J connectivity index is 1.62. The molecule has 2 aromatic rings. The van der Waals surface area contributed by atoms with Gasteiger partial charge in [0.25, 0.3) is 5.91 Å². The van der Waals surface area contributed by atoms with Crippen LogP contribution < -0.4 is 4.90 Å². The van der Waals surface area contributed by atoms with Crippen molar-refractivity contribution in [3.05, 3.63) is 59.0 Å². The molecule has 2 heterocycles. The summed E-state index contributed by atoms with van der Waals surface area (Å²) < 4.78 is 30.5. The molecule has 0 bridgehead atoms. The van der Waals surface area contributed by atoms with Crippen LogP contribution in [0.5, 0.6) is 0 Å². The third-order valence-electron chi connectivity index (χ3n) is 4.96. The van der Waals surface area contributed by atoms with E-state index in [0.717, 1.165) is 30.8 Å². The zero-order valence-electron chi connectivity index (χ0n) is 15.9. The number of rotatable bonds is 6. The maximum absolute atomic E-state index is 12.6. The molecular formula is C20H27N2O4S+. The smallest absolute Gasteiger partial charge is 0.289 e. The van der Waals surface area contributed by atoms with Crippen LogP contribution in [-0.2, 0) is 21.3 Å². The molecule has 1 fully saturated rings. The highest BCUT2D eigenvalue weighted by atomic mass is 32.2. The highest BCUT2D eigenvalue weighted by Crippen LogP contribution is 2.17. The first-order valence-corrected chi connectivity index (χ1v) is 11.2. The van der Waals surface area contributed by atoms with Gasteiger partial charge in [-0.15, -0.1) is 0 Å². The number of aryl methyl sites for hydroxylation is 1. The first-order valence-electron chi connectivity index (χ1n) is 9.34. The van der Waals surface area contributed by atoms with Crippen LogP contribution in [0.3, 0.4) is 0 Å². The molecule has 1 N–H and O–H groups in total. The van der Waals surface area contributed by atoms with Crippen LogP contribution >= 0.6 is 0 Å². The molecule has 3 rings (SSSR count). The summed E-state index contributed by atoms with van der Waals surface area (Å²) in [5, 5.41) is 0. The van der Waals surface area contributed by atoms with Crippen LogP contribution in [0.4, 0.5) is 0 Å². The van der Waals surface area contributed by atoms with Gasteiger partial charge < -0.3 is 14.2 Å². The van der Waals surface area contributed by atoms with E-state index in [4.69, 9.17) is 4.42 Å². The number of hydrogen-bond acceptors (Lipinski definition) is 4. The molecule has 0 aliphatic carbocycles. The van der Waals surface area contributed by atoms with Crippen LogP contribution in [0, 0.1) is 6.92 Å². The number of likely N-dealkylation sites (N-methyl/N-ethyl adjacent to an activating group) is 1. The van der Waals surface area contributed by atoms with E-state index in [0.29, 0.717) is 18.8 Å². The second-order valence-electron chi connectivity index (χ2n) is 7.18. The van der Waals surface area contributed by atoms with E-state index in [1.165, 1.54) is 4.90 Å². The van der Waals surface area contributed by atoms with Crippen LogP contribution in [0.25, 0.3) is 0 Å². The molecule has 1 aromatic heterocycles. The van der Waals surface area contributed by atoms with Crippen LogP contribution in [0.1, 0.15) is 34.4 Å². The van der Waals surface area contributed by atoms with Crippen molar-refractivity contribution in [1.82, 2.24) is 4.90 Å². The van der Waals surface area contributed by atoms with Crippen LogP contribution in [0.15, 0.2) is 40.8 Å². The zero-order chi connectivity index (χ0) is 19.4. The Bertz CT molecular complexity index is 896. The lowest BCUT2D eigenvalue weighted by Gasteiger charge is -2.31. The quantitative estimate of drug-likeness (QED) is 0.799. The van der Waals surface area contributed by atoms with E-state index < -0.39 is 9.84 Å². The molecule has 1 aliphatic heterocycles. The monoisotopic (exact) mass is 391 g/mol. The number of hydrogen-bond donors (Lipinski definition) is 1. The summed E-state index contributed by atoms with van der Waals surface area (Å²) in [5.41, 5.74) is 1.78. The number of carbonyl (C=O) groups excluding carboxylic acids is 1. The van der Waals surface area contributed by atoms with E-state index in [-0.39, 0.29) is 23.2 Å². The van der Waals surface area contributed by atoms with Gasteiger partial charge in [-0.1, -0.05) is 29.8 Å². The molecule has 0 radical (unpaired) electrons. The molecular weight excluding hydrogens is 364 g/mol. The van der Waals surface area contributed by atoms with Gasteiger partial charge >= 0.3 is 0 Å². The third kappa shape index (κ3) is 5.20. The summed E-state index contributed by atoms with van der Waals surface area (Å²) in [6.07, 6.45) is 0. The number of nitrogens with zero attached hydrogens (tertiary/aromatic N) is 1. The molecule has 1 aliphatic rings. The minimum Gasteiger partial charge on any atom is -0.455 e. The Labute approximate surface area is 160 Å². The molecule has 1 saturated heterocycles. The second-order valence-corrected chi connectivity index (χ2v) is 9.25. The molecule has 27 heavy (non-hydrogen) atoms. The Hall–Kier alpha value is -2.12. The Morgan fingerprint density at radius 3 is 2.56 bits per heavy atom. The average Bonchev–Trinajstić information content (AvgIpc) is 3.08. The van der Waals surface area contributed by atoms with Gasteiger partial charge in [0.2, 0.25) is 0 Å². The first-order chi connectivity index (χ1) is 12.9. The van der Waals surface area contributed by atoms with Crippen molar-refractivity contribution in [2.75, 3.05) is 32.7 Å². The van der Waals surface area contributed by atoms with Crippen molar-refractivity contribution in [1.29, 1.82) is 0 Å². The lowest BCUT2D eigenvalue weighted by Crippen LogP contribution is -3.14. The molecule has 0 spiro atoms. The summed E-state index contributed by atoms with van der Waals surface area (Å²) in [6, 6.07) is 10.6. The standard InChI is InChI=1S/C20H26N2O4S/c1-3-21-9-11-22(12-10-21)20(23)19-8-7-18(26-19)15-27(24,25)14-17-6-4-5-16(2)13-17/h4-8,13H,3,9-12,14-15H2,1-2H3/p+1. The highest BCUT2D eigenvalue weighted by Gasteiger charge is 2.26. The average molecular weight is 392 g/mol. The number of sulfone groups is 1. The summed E-state index contributed by atoms with van der Waals surface area (Å²) in [6.45, 7) is 8.39. The number of carbonyl (C=O) groups is 1. The largest absolute Gasteiger partial charge is 0.455 e. The number of benzene rings is 1. The maximum Gasteiger partial charge on any atom is 0.289 e. The van der Waals surface area contributed by atoms with Crippen molar-refractivity contribution in [3.8, 4) is 0 Å². The van der Waals surface area contributed by atoms with E-state index in [9.17, 15) is 13.2 Å². The Morgan fingerprint density at radius 2 is 1.89 bits per heavy atom. The molecule has 6 nitrogen and oxygen atoms in total. The van der Waals surface area contributed by atoms with Gasteiger partial charge in [0.1, 0.15) is 11.5 Å². The number of nitrogens with one attached hydrogen (secondary N) is 1. The lowest BCUT2D eigenvalue weighted by atomic mass is 10.2. The minimum atomic E-state index is -3.37. The predicted octanol–water partition coefficient (Wildman–Crippen LogP) is 1.06. The molecule has 1 amide bonds. The fraction of sp³-hybridized carbons (Fsp3) is 0.450. The molecule has 146 valence electrons. The predicted molar refractivity (Wildman–Crippen MR) is 103 cm³/mol. The SMILES string of the molecule is CC[NH+]1CCN(C(=O)c2ccc(CS(=O)(=O)Cc3cccc(C)c3)o2)CC1. The van der Waals surface area contributed by atoms with Gasteiger partial charge in [-0.3, -0.25) is 4.79 Å². The topological polar surface area (TPSA) is 72.0 Å². The number of quaternary nitrogens is 1. The maximum atomic E-state index is 12.6. The van der Waals surface area contributed by atoms with Crippen LogP contribution in [0.2, 0.25) is 0 Å². The van der Waals surface area contributed by atoms with Gasteiger partial charge in [0, 0.05) is 0 Å². The number of furan rings is 1. The van der Waals surface area contributed by atoms with E-state index >= 15 is 0 Å². The van der Waals surface area contributed by atoms with Crippen molar-refractivity contribution >= 4 is 15.7 Å². The Morgan fingerprint density at radius 1 is 1.15 bits per heavy atom. The van der Waals surface area contributed by atoms with Crippen molar-refractivity contribution < 1.29 is 22.5 Å².